The predicted molar refractivity (Wildman–Crippen MR) is 112 cm³/mol. The van der Waals surface area contributed by atoms with E-state index in [0.29, 0.717) is 31.7 Å². The molecular formula is C18H31IN4O2. The van der Waals surface area contributed by atoms with Gasteiger partial charge in [0.1, 0.15) is 6.61 Å². The Kier molecular flexibility index (Phi) is 10.8. The second kappa shape index (κ2) is 12.3. The van der Waals surface area contributed by atoms with Crippen molar-refractivity contribution >= 4 is 29.9 Å². The number of aliphatic imine (C=N–C) groups is 1. The predicted octanol–water partition coefficient (Wildman–Crippen LogP) is 2.97. The van der Waals surface area contributed by atoms with Crippen LogP contribution in [-0.2, 0) is 11.3 Å². The van der Waals surface area contributed by atoms with Gasteiger partial charge in [0.25, 0.3) is 0 Å². The molecule has 1 aromatic heterocycles. The summed E-state index contributed by atoms with van der Waals surface area (Å²) in [5.41, 5.74) is 1.01. The monoisotopic (exact) mass is 462 g/mol. The second-order valence-corrected chi connectivity index (χ2v) is 6.34. The third-order valence-corrected chi connectivity index (χ3v) is 4.40. The quantitative estimate of drug-likeness (QED) is 0.282. The van der Waals surface area contributed by atoms with Crippen molar-refractivity contribution in [2.45, 2.75) is 45.2 Å². The van der Waals surface area contributed by atoms with Gasteiger partial charge in [-0.25, -0.2) is 4.98 Å². The normalized spacial score (nSPS) is 20.5. The lowest BCUT2D eigenvalue weighted by molar-refractivity contribution is 0.143. The Hall–Kier alpha value is -1.09. The molecule has 0 unspecified atom stereocenters. The fraction of sp³-hybridized carbons (Fsp3) is 0.667. The molecule has 2 N–H and O–H groups in total. The average molecular weight is 462 g/mol. The molecule has 0 bridgehead atoms. The number of methoxy groups -OCH3 is 1. The van der Waals surface area contributed by atoms with Crippen LogP contribution < -0.4 is 15.4 Å². The van der Waals surface area contributed by atoms with Crippen LogP contribution in [0.5, 0.6) is 5.88 Å². The Morgan fingerprint density at radius 1 is 1.28 bits per heavy atom. The molecule has 0 radical (unpaired) electrons. The van der Waals surface area contributed by atoms with Crippen molar-refractivity contribution in [3.05, 3.63) is 23.9 Å². The Labute approximate surface area is 168 Å². The fourth-order valence-electron chi connectivity index (χ4n) is 2.88. The maximum absolute atomic E-state index is 5.67. The van der Waals surface area contributed by atoms with Gasteiger partial charge in [-0.1, -0.05) is 13.0 Å². The molecule has 1 aliphatic carbocycles. The van der Waals surface area contributed by atoms with Crippen LogP contribution in [0.2, 0.25) is 0 Å². The molecule has 0 aromatic carbocycles. The number of rotatable bonds is 7. The summed E-state index contributed by atoms with van der Waals surface area (Å²) in [5.74, 6) is 2.32. The second-order valence-electron chi connectivity index (χ2n) is 6.34. The lowest BCUT2D eigenvalue weighted by atomic mass is 9.87. The highest BCUT2D eigenvalue weighted by Crippen LogP contribution is 2.23. The van der Waals surface area contributed by atoms with E-state index in [1.165, 1.54) is 25.7 Å². The van der Waals surface area contributed by atoms with E-state index in [9.17, 15) is 0 Å². The molecule has 1 aromatic rings. The van der Waals surface area contributed by atoms with Gasteiger partial charge in [0, 0.05) is 38.5 Å². The zero-order valence-corrected chi connectivity index (χ0v) is 17.8. The number of hydrogen-bond acceptors (Lipinski definition) is 4. The Balaban J connectivity index is 0.00000312. The molecule has 2 rings (SSSR count). The van der Waals surface area contributed by atoms with Gasteiger partial charge >= 0.3 is 0 Å². The van der Waals surface area contributed by atoms with Gasteiger partial charge in [-0.3, -0.25) is 4.99 Å². The van der Waals surface area contributed by atoms with Crippen LogP contribution in [0.25, 0.3) is 0 Å². The van der Waals surface area contributed by atoms with Gasteiger partial charge in [-0.2, -0.15) is 0 Å². The van der Waals surface area contributed by atoms with Gasteiger partial charge in [0.05, 0.1) is 6.61 Å². The fourth-order valence-corrected chi connectivity index (χ4v) is 2.88. The first kappa shape index (κ1) is 22.0. The van der Waals surface area contributed by atoms with Gasteiger partial charge < -0.3 is 20.1 Å². The van der Waals surface area contributed by atoms with Gasteiger partial charge in [0.15, 0.2) is 5.96 Å². The van der Waals surface area contributed by atoms with E-state index in [1.807, 2.05) is 12.1 Å². The minimum absolute atomic E-state index is 0. The van der Waals surface area contributed by atoms with Crippen molar-refractivity contribution in [1.82, 2.24) is 15.6 Å². The molecule has 0 atom stereocenters. The molecule has 1 fully saturated rings. The average Bonchev–Trinajstić information content (AvgIpc) is 2.61. The number of pyridine rings is 1. The zero-order valence-electron chi connectivity index (χ0n) is 15.5. The summed E-state index contributed by atoms with van der Waals surface area (Å²) in [6.45, 7) is 4.00. The van der Waals surface area contributed by atoms with Gasteiger partial charge in [0.2, 0.25) is 5.88 Å². The van der Waals surface area contributed by atoms with E-state index < -0.39 is 0 Å². The third-order valence-electron chi connectivity index (χ3n) is 4.40. The summed E-state index contributed by atoms with van der Waals surface area (Å²) in [6, 6.07) is 4.44. The van der Waals surface area contributed by atoms with Crippen LogP contribution in [0, 0.1) is 5.92 Å². The van der Waals surface area contributed by atoms with Crippen molar-refractivity contribution < 1.29 is 9.47 Å². The molecule has 25 heavy (non-hydrogen) atoms. The van der Waals surface area contributed by atoms with E-state index in [2.05, 4.69) is 27.5 Å². The van der Waals surface area contributed by atoms with E-state index in [4.69, 9.17) is 9.47 Å². The summed E-state index contributed by atoms with van der Waals surface area (Å²) in [5, 5.41) is 6.89. The van der Waals surface area contributed by atoms with Gasteiger partial charge in [-0.15, -0.1) is 24.0 Å². The van der Waals surface area contributed by atoms with Crippen molar-refractivity contribution in [2.24, 2.45) is 10.9 Å². The van der Waals surface area contributed by atoms with Crippen molar-refractivity contribution in [2.75, 3.05) is 27.4 Å². The van der Waals surface area contributed by atoms with Crippen LogP contribution in [0.1, 0.15) is 38.2 Å². The maximum Gasteiger partial charge on any atom is 0.218 e. The van der Waals surface area contributed by atoms with Crippen LogP contribution in [0.3, 0.4) is 0 Å². The number of hydrogen-bond donors (Lipinski definition) is 2. The molecule has 0 amide bonds. The highest BCUT2D eigenvalue weighted by Gasteiger charge is 2.19. The first-order valence-corrected chi connectivity index (χ1v) is 8.75. The van der Waals surface area contributed by atoms with Crippen LogP contribution >= 0.6 is 24.0 Å². The number of aromatic nitrogens is 1. The molecule has 0 saturated heterocycles. The van der Waals surface area contributed by atoms with Crippen molar-refractivity contribution in [1.29, 1.82) is 0 Å². The van der Waals surface area contributed by atoms with E-state index in [0.717, 1.165) is 17.4 Å². The maximum atomic E-state index is 5.67. The number of nitrogens with zero attached hydrogens (tertiary/aromatic N) is 2. The Morgan fingerprint density at radius 3 is 2.72 bits per heavy atom. The van der Waals surface area contributed by atoms with Gasteiger partial charge in [-0.05, 0) is 37.7 Å². The van der Waals surface area contributed by atoms with E-state index in [-0.39, 0.29) is 24.0 Å². The molecule has 1 heterocycles. The number of ether oxygens (including phenoxy) is 2. The number of nitrogens with one attached hydrogen (secondary N) is 2. The van der Waals surface area contributed by atoms with Crippen LogP contribution in [-0.4, -0.2) is 44.4 Å². The summed E-state index contributed by atoms with van der Waals surface area (Å²) in [4.78, 5) is 8.63. The van der Waals surface area contributed by atoms with Crippen LogP contribution in [0.4, 0.5) is 0 Å². The SMILES string of the molecule is CN=C(NCc1cccnc1OCCOC)NC1CCC(C)CC1.I. The molecule has 0 spiro atoms. The number of guanidine groups is 1. The first-order chi connectivity index (χ1) is 11.7. The topological polar surface area (TPSA) is 67.8 Å². The largest absolute Gasteiger partial charge is 0.475 e. The minimum atomic E-state index is 0. The van der Waals surface area contributed by atoms with E-state index >= 15 is 0 Å². The first-order valence-electron chi connectivity index (χ1n) is 8.75. The molecule has 6 nitrogen and oxygen atoms in total. The number of halogens is 1. The molecule has 1 aliphatic rings. The smallest absolute Gasteiger partial charge is 0.218 e. The summed E-state index contributed by atoms with van der Waals surface area (Å²) in [6.07, 6.45) is 6.73. The summed E-state index contributed by atoms with van der Waals surface area (Å²) >= 11 is 0. The van der Waals surface area contributed by atoms with Crippen LogP contribution in [0.15, 0.2) is 23.3 Å². The Bertz CT molecular complexity index is 520. The van der Waals surface area contributed by atoms with Crippen molar-refractivity contribution in [3.63, 3.8) is 0 Å². The lowest BCUT2D eigenvalue weighted by Crippen LogP contribution is -2.44. The molecule has 0 aliphatic heterocycles. The highest BCUT2D eigenvalue weighted by molar-refractivity contribution is 14.0. The lowest BCUT2D eigenvalue weighted by Gasteiger charge is -2.28. The molecule has 142 valence electrons. The summed E-state index contributed by atoms with van der Waals surface area (Å²) in [7, 11) is 3.46. The highest BCUT2D eigenvalue weighted by atomic mass is 127. The third kappa shape index (κ3) is 7.77. The van der Waals surface area contributed by atoms with Crippen molar-refractivity contribution in [3.8, 4) is 5.88 Å². The molecule has 1 saturated carbocycles. The minimum Gasteiger partial charge on any atom is -0.475 e. The standard InChI is InChI=1S/C18H30N4O2.HI/c1-14-6-8-16(9-7-14)22-18(19-2)21-13-15-5-4-10-20-17(15)24-12-11-23-3;/h4-5,10,14,16H,6-9,11-13H2,1-3H3,(H2,19,21,22);1H. The summed E-state index contributed by atoms with van der Waals surface area (Å²) < 4.78 is 10.7. The zero-order chi connectivity index (χ0) is 17.2. The Morgan fingerprint density at radius 2 is 2.04 bits per heavy atom. The molecule has 7 heteroatoms. The van der Waals surface area contributed by atoms with E-state index in [1.54, 1.807) is 20.4 Å². The molecular weight excluding hydrogens is 431 g/mol.